The molecule has 0 aliphatic heterocycles. The van der Waals surface area contributed by atoms with Gasteiger partial charge in [-0.2, -0.15) is 5.10 Å². The van der Waals surface area contributed by atoms with Crippen LogP contribution in [0.2, 0.25) is 5.02 Å². The van der Waals surface area contributed by atoms with Crippen molar-refractivity contribution in [2.24, 2.45) is 0 Å². The molecule has 1 heterocycles. The molecule has 0 amide bonds. The van der Waals surface area contributed by atoms with Crippen molar-refractivity contribution in [3.63, 3.8) is 0 Å². The van der Waals surface area contributed by atoms with E-state index >= 15 is 0 Å². The largest absolute Gasteiger partial charge is 0.478 e. The molecular weight excluding hydrogens is 271 g/mol. The van der Waals surface area contributed by atoms with Crippen molar-refractivity contribution in [2.75, 3.05) is 0 Å². The van der Waals surface area contributed by atoms with Crippen molar-refractivity contribution >= 4 is 17.6 Å². The first-order valence-corrected chi connectivity index (χ1v) is 6.18. The van der Waals surface area contributed by atoms with Gasteiger partial charge in [0.05, 0.1) is 22.6 Å². The highest BCUT2D eigenvalue weighted by Crippen LogP contribution is 2.22. The van der Waals surface area contributed by atoms with Crippen LogP contribution in [0.15, 0.2) is 24.4 Å². The summed E-state index contributed by atoms with van der Waals surface area (Å²) in [6, 6.07) is 4.17. The van der Waals surface area contributed by atoms with Crippen molar-refractivity contribution in [3.05, 3.63) is 46.5 Å². The smallest absolute Gasteiger partial charge is 0.339 e. The second-order valence-electron chi connectivity index (χ2n) is 4.07. The zero-order valence-electron chi connectivity index (χ0n) is 10.2. The summed E-state index contributed by atoms with van der Waals surface area (Å²) < 4.78 is 14.6. The fraction of sp³-hybridized carbons (Fsp3) is 0.231. The fourth-order valence-electron chi connectivity index (χ4n) is 1.87. The first kappa shape index (κ1) is 13.5. The summed E-state index contributed by atoms with van der Waals surface area (Å²) in [6.45, 7) is 1.95. The fourth-order valence-corrected chi connectivity index (χ4v) is 2.04. The van der Waals surface area contributed by atoms with Gasteiger partial charge in [-0.15, -0.1) is 0 Å². The van der Waals surface area contributed by atoms with E-state index in [4.69, 9.17) is 16.7 Å². The SMILES string of the molecule is CCCc1c(C(=O)O)cnn1-c1ccc(F)c(Cl)c1. The maximum Gasteiger partial charge on any atom is 0.339 e. The van der Waals surface area contributed by atoms with E-state index in [-0.39, 0.29) is 10.6 Å². The Balaban J connectivity index is 2.55. The van der Waals surface area contributed by atoms with Crippen LogP contribution in [0.25, 0.3) is 5.69 Å². The van der Waals surface area contributed by atoms with Gasteiger partial charge < -0.3 is 5.11 Å². The minimum absolute atomic E-state index is 0.0210. The van der Waals surface area contributed by atoms with Crippen LogP contribution in [-0.2, 0) is 6.42 Å². The van der Waals surface area contributed by atoms with E-state index < -0.39 is 11.8 Å². The van der Waals surface area contributed by atoms with Crippen LogP contribution in [0, 0.1) is 5.82 Å². The molecular formula is C13H12ClFN2O2. The highest BCUT2D eigenvalue weighted by atomic mass is 35.5. The zero-order chi connectivity index (χ0) is 14.0. The Morgan fingerprint density at radius 1 is 1.53 bits per heavy atom. The number of aromatic nitrogens is 2. The molecule has 1 aromatic carbocycles. The Labute approximate surface area is 114 Å². The van der Waals surface area contributed by atoms with Crippen molar-refractivity contribution in [1.82, 2.24) is 9.78 Å². The Kier molecular flexibility index (Phi) is 3.85. The van der Waals surface area contributed by atoms with E-state index in [0.717, 1.165) is 6.42 Å². The number of halogens is 2. The Morgan fingerprint density at radius 2 is 2.26 bits per heavy atom. The van der Waals surface area contributed by atoms with Crippen LogP contribution >= 0.6 is 11.6 Å². The normalized spacial score (nSPS) is 10.7. The van der Waals surface area contributed by atoms with Crippen LogP contribution in [0.1, 0.15) is 29.4 Å². The predicted molar refractivity (Wildman–Crippen MR) is 69.5 cm³/mol. The first-order chi connectivity index (χ1) is 9.04. The summed E-state index contributed by atoms with van der Waals surface area (Å²) in [5.74, 6) is -1.55. The van der Waals surface area contributed by atoms with Crippen molar-refractivity contribution in [1.29, 1.82) is 0 Å². The van der Waals surface area contributed by atoms with Gasteiger partial charge >= 0.3 is 5.97 Å². The first-order valence-electron chi connectivity index (χ1n) is 5.80. The second-order valence-corrected chi connectivity index (χ2v) is 4.48. The molecule has 0 bridgehead atoms. The summed E-state index contributed by atoms with van der Waals surface area (Å²) >= 11 is 5.73. The third kappa shape index (κ3) is 2.61. The van der Waals surface area contributed by atoms with Crippen molar-refractivity contribution < 1.29 is 14.3 Å². The topological polar surface area (TPSA) is 55.1 Å². The van der Waals surface area contributed by atoms with E-state index in [2.05, 4.69) is 5.10 Å². The lowest BCUT2D eigenvalue weighted by molar-refractivity contribution is 0.0695. The molecule has 1 N–H and O–H groups in total. The number of carboxylic acids is 1. The second kappa shape index (κ2) is 5.40. The van der Waals surface area contributed by atoms with Gasteiger partial charge in [0, 0.05) is 0 Å². The Bertz CT molecular complexity index is 625. The van der Waals surface area contributed by atoms with Gasteiger partial charge in [0.1, 0.15) is 11.4 Å². The summed E-state index contributed by atoms with van der Waals surface area (Å²) in [4.78, 5) is 11.1. The third-order valence-corrected chi connectivity index (χ3v) is 3.02. The number of benzene rings is 1. The molecule has 0 aliphatic rings. The van der Waals surface area contributed by atoms with Gasteiger partial charge in [0.15, 0.2) is 0 Å². The number of nitrogens with zero attached hydrogens (tertiary/aromatic N) is 2. The molecule has 100 valence electrons. The molecule has 0 aliphatic carbocycles. The molecule has 0 radical (unpaired) electrons. The zero-order valence-corrected chi connectivity index (χ0v) is 11.0. The molecule has 0 fully saturated rings. The van der Waals surface area contributed by atoms with E-state index in [1.54, 1.807) is 0 Å². The van der Waals surface area contributed by atoms with E-state index in [9.17, 15) is 9.18 Å². The average molecular weight is 283 g/mol. The van der Waals surface area contributed by atoms with Crippen LogP contribution in [-0.4, -0.2) is 20.9 Å². The lowest BCUT2D eigenvalue weighted by Gasteiger charge is -2.08. The van der Waals surface area contributed by atoms with Crippen LogP contribution < -0.4 is 0 Å². The highest BCUT2D eigenvalue weighted by molar-refractivity contribution is 6.30. The van der Waals surface area contributed by atoms with Gasteiger partial charge in [-0.3, -0.25) is 0 Å². The number of hydrogen-bond acceptors (Lipinski definition) is 2. The molecule has 0 saturated carbocycles. The lowest BCUT2D eigenvalue weighted by Crippen LogP contribution is -2.06. The lowest BCUT2D eigenvalue weighted by atomic mass is 10.1. The Hall–Kier alpha value is -1.88. The molecule has 0 saturated heterocycles. The highest BCUT2D eigenvalue weighted by Gasteiger charge is 2.17. The molecule has 0 unspecified atom stereocenters. The molecule has 19 heavy (non-hydrogen) atoms. The van der Waals surface area contributed by atoms with Gasteiger partial charge in [0.25, 0.3) is 0 Å². The Morgan fingerprint density at radius 3 is 2.84 bits per heavy atom. The monoisotopic (exact) mass is 282 g/mol. The number of carbonyl (C=O) groups is 1. The molecule has 2 rings (SSSR count). The van der Waals surface area contributed by atoms with Crippen LogP contribution in [0.3, 0.4) is 0 Å². The summed E-state index contributed by atoms with van der Waals surface area (Å²) in [5, 5.41) is 13.1. The molecule has 1 aromatic heterocycles. The third-order valence-electron chi connectivity index (χ3n) is 2.73. The predicted octanol–water partition coefficient (Wildman–Crippen LogP) is 3.32. The molecule has 0 atom stereocenters. The van der Waals surface area contributed by atoms with Crippen LogP contribution in [0.5, 0.6) is 0 Å². The number of hydrogen-bond donors (Lipinski definition) is 1. The van der Waals surface area contributed by atoms with E-state index in [1.165, 1.54) is 29.1 Å². The van der Waals surface area contributed by atoms with Crippen molar-refractivity contribution in [2.45, 2.75) is 19.8 Å². The van der Waals surface area contributed by atoms with Gasteiger partial charge in [-0.05, 0) is 24.6 Å². The van der Waals surface area contributed by atoms with Gasteiger partial charge in [-0.25, -0.2) is 13.9 Å². The summed E-state index contributed by atoms with van der Waals surface area (Å²) in [5.41, 5.74) is 1.28. The van der Waals surface area contributed by atoms with Gasteiger partial charge in [0.2, 0.25) is 0 Å². The van der Waals surface area contributed by atoms with Crippen molar-refractivity contribution in [3.8, 4) is 5.69 Å². The van der Waals surface area contributed by atoms with Gasteiger partial charge in [-0.1, -0.05) is 24.9 Å². The maximum absolute atomic E-state index is 13.1. The molecule has 0 spiro atoms. The standard InChI is InChI=1S/C13H12ClFN2O2/c1-2-3-12-9(13(18)19)7-16-17(12)8-4-5-11(15)10(14)6-8/h4-7H,2-3H2,1H3,(H,18,19). The molecule has 2 aromatic rings. The summed E-state index contributed by atoms with van der Waals surface area (Å²) in [7, 11) is 0. The number of aromatic carboxylic acids is 1. The average Bonchev–Trinajstić information content (AvgIpc) is 2.77. The quantitative estimate of drug-likeness (QED) is 0.936. The number of carboxylic acid groups (broad SMARTS) is 1. The van der Waals surface area contributed by atoms with E-state index in [0.29, 0.717) is 17.8 Å². The number of rotatable bonds is 4. The van der Waals surface area contributed by atoms with E-state index in [1.807, 2.05) is 6.92 Å². The minimum atomic E-state index is -1.03. The maximum atomic E-state index is 13.1. The minimum Gasteiger partial charge on any atom is -0.478 e. The summed E-state index contributed by atoms with van der Waals surface area (Å²) in [6.07, 6.45) is 2.64. The van der Waals surface area contributed by atoms with Crippen LogP contribution in [0.4, 0.5) is 4.39 Å². The molecule has 6 heteroatoms. The molecule has 4 nitrogen and oxygen atoms in total.